The van der Waals surface area contributed by atoms with Crippen LogP contribution in [0.4, 0.5) is 0 Å². The maximum atomic E-state index is 14.0. The molecular formula is C31H34IN5O4S. The maximum absolute atomic E-state index is 14.0. The normalized spacial score (nSPS) is 20.7. The molecule has 0 unspecified atom stereocenters. The molecule has 1 N–H and O–H groups in total. The van der Waals surface area contributed by atoms with Crippen molar-refractivity contribution >= 4 is 56.8 Å². The molecule has 0 bridgehead atoms. The van der Waals surface area contributed by atoms with E-state index in [-0.39, 0.29) is 35.8 Å². The minimum absolute atomic E-state index is 0.0331. The summed E-state index contributed by atoms with van der Waals surface area (Å²) in [6, 6.07) is 11.8. The Morgan fingerprint density at radius 2 is 1.86 bits per heavy atom. The summed E-state index contributed by atoms with van der Waals surface area (Å²) in [4.78, 5) is 49.4. The Hall–Kier alpha value is -3.03. The van der Waals surface area contributed by atoms with Crippen LogP contribution in [0.1, 0.15) is 46.0 Å². The molecule has 0 saturated carbocycles. The number of aliphatic hydroxyl groups is 1. The van der Waals surface area contributed by atoms with E-state index < -0.39 is 5.60 Å². The van der Waals surface area contributed by atoms with E-state index in [4.69, 9.17) is 0 Å². The van der Waals surface area contributed by atoms with Crippen molar-refractivity contribution < 1.29 is 14.7 Å². The molecule has 6 rings (SSSR count). The molecule has 0 spiro atoms. The van der Waals surface area contributed by atoms with E-state index in [2.05, 4.69) is 27.6 Å². The van der Waals surface area contributed by atoms with E-state index >= 15 is 0 Å². The first kappa shape index (κ1) is 29.1. The molecule has 4 aromatic rings. The molecule has 9 nitrogen and oxygen atoms in total. The molecule has 2 saturated heterocycles. The molecule has 2 fully saturated rings. The van der Waals surface area contributed by atoms with Gasteiger partial charge in [-0.3, -0.25) is 19.0 Å². The van der Waals surface area contributed by atoms with Gasteiger partial charge in [0, 0.05) is 54.8 Å². The Labute approximate surface area is 261 Å². The number of carbonyl (C=O) groups excluding carboxylic acids is 2. The van der Waals surface area contributed by atoms with Crippen molar-refractivity contribution in [3.63, 3.8) is 0 Å². The molecule has 0 radical (unpaired) electrons. The number of aryl methyl sites for hydroxylation is 2. The zero-order valence-electron chi connectivity index (χ0n) is 23.7. The molecule has 5 heterocycles. The average molecular weight is 700 g/mol. The molecule has 42 heavy (non-hydrogen) atoms. The number of rotatable bonds is 5. The fraction of sp³-hybridized carbons (Fsp3) is 0.419. The second-order valence-corrected chi connectivity index (χ2v) is 13.6. The van der Waals surface area contributed by atoms with Gasteiger partial charge in [0.05, 0.1) is 17.5 Å². The zero-order valence-corrected chi connectivity index (χ0v) is 26.7. The summed E-state index contributed by atoms with van der Waals surface area (Å²) in [5, 5.41) is 14.0. The van der Waals surface area contributed by atoms with E-state index in [1.807, 2.05) is 59.5 Å². The van der Waals surface area contributed by atoms with Crippen LogP contribution in [-0.2, 0) is 18.4 Å². The minimum Gasteiger partial charge on any atom is -0.388 e. The van der Waals surface area contributed by atoms with E-state index in [9.17, 15) is 19.5 Å². The summed E-state index contributed by atoms with van der Waals surface area (Å²) in [6.45, 7) is 4.00. The molecule has 220 valence electrons. The summed E-state index contributed by atoms with van der Waals surface area (Å²) in [6.07, 6.45) is 4.64. The smallest absolute Gasteiger partial charge is 0.265 e. The number of hydrogen-bond acceptors (Lipinski definition) is 6. The van der Waals surface area contributed by atoms with Crippen molar-refractivity contribution in [2.45, 2.75) is 44.2 Å². The lowest BCUT2D eigenvalue weighted by molar-refractivity contribution is -0.142. The first-order chi connectivity index (χ1) is 20.1. The van der Waals surface area contributed by atoms with E-state index in [1.165, 1.54) is 22.2 Å². The van der Waals surface area contributed by atoms with Gasteiger partial charge in [-0.15, -0.1) is 11.3 Å². The summed E-state index contributed by atoms with van der Waals surface area (Å²) in [7, 11) is 1.84. The second kappa shape index (κ2) is 11.6. The second-order valence-electron chi connectivity index (χ2n) is 11.6. The maximum Gasteiger partial charge on any atom is 0.265 e. The number of amides is 2. The van der Waals surface area contributed by atoms with E-state index in [0.717, 1.165) is 19.6 Å². The van der Waals surface area contributed by atoms with Gasteiger partial charge >= 0.3 is 0 Å². The summed E-state index contributed by atoms with van der Waals surface area (Å²) in [5.74, 6) is -0.257. The third kappa shape index (κ3) is 5.42. The first-order valence-corrected chi connectivity index (χ1v) is 16.2. The average Bonchev–Trinajstić information content (AvgIpc) is 3.55. The predicted molar refractivity (Wildman–Crippen MR) is 171 cm³/mol. The van der Waals surface area contributed by atoms with Crippen LogP contribution in [0.2, 0.25) is 0 Å². The van der Waals surface area contributed by atoms with Gasteiger partial charge in [0.1, 0.15) is 16.9 Å². The topological polar surface area (TPSA) is 101 Å². The number of halogens is 1. The van der Waals surface area contributed by atoms with Gasteiger partial charge in [-0.1, -0.05) is 30.3 Å². The highest BCUT2D eigenvalue weighted by atomic mass is 127. The first-order valence-electron chi connectivity index (χ1n) is 14.2. The summed E-state index contributed by atoms with van der Waals surface area (Å²) in [5.41, 5.74) is 1.51. The Balaban J connectivity index is 1.16. The van der Waals surface area contributed by atoms with Crippen LogP contribution in [0.25, 0.3) is 11.0 Å². The minimum atomic E-state index is -1.10. The van der Waals surface area contributed by atoms with Gasteiger partial charge in [0.25, 0.3) is 11.5 Å². The van der Waals surface area contributed by atoms with Crippen LogP contribution in [0.15, 0.2) is 59.1 Å². The highest BCUT2D eigenvalue weighted by molar-refractivity contribution is 14.1. The van der Waals surface area contributed by atoms with Gasteiger partial charge in [-0.05, 0) is 71.4 Å². The highest BCUT2D eigenvalue weighted by Gasteiger charge is 2.42. The van der Waals surface area contributed by atoms with Crippen molar-refractivity contribution in [3.8, 4) is 0 Å². The van der Waals surface area contributed by atoms with Gasteiger partial charge in [-0.25, -0.2) is 4.98 Å². The van der Waals surface area contributed by atoms with Gasteiger partial charge in [-0.2, -0.15) is 0 Å². The number of benzene rings is 1. The van der Waals surface area contributed by atoms with E-state index in [0.29, 0.717) is 56.5 Å². The zero-order chi connectivity index (χ0) is 29.6. The molecule has 3 aromatic heterocycles. The Morgan fingerprint density at radius 3 is 2.55 bits per heavy atom. The number of likely N-dealkylation sites (tertiary alicyclic amines) is 2. The Kier molecular flexibility index (Phi) is 8.01. The molecule has 0 aliphatic carbocycles. The SMILES string of the molecule is Cc1csc(C(=O)N2CC[C@@H](C(=O)N3CCC(O)(Cn4cnc5c(ccn5C)c4=O)CC3)[C@H](c3ccccc3)C2)c1I. The number of aromatic nitrogens is 3. The lowest BCUT2D eigenvalue weighted by Gasteiger charge is -2.43. The third-order valence-electron chi connectivity index (χ3n) is 8.86. The van der Waals surface area contributed by atoms with Crippen molar-refractivity contribution in [1.29, 1.82) is 0 Å². The number of carbonyl (C=O) groups is 2. The molecule has 2 aliphatic heterocycles. The molecule has 2 aliphatic rings. The summed E-state index contributed by atoms with van der Waals surface area (Å²) < 4.78 is 4.28. The van der Waals surface area contributed by atoms with Gasteiger partial charge in [0.2, 0.25) is 5.91 Å². The molecule has 2 amide bonds. The van der Waals surface area contributed by atoms with Crippen molar-refractivity contribution in [3.05, 3.63) is 84.2 Å². The van der Waals surface area contributed by atoms with Crippen LogP contribution in [0.5, 0.6) is 0 Å². The van der Waals surface area contributed by atoms with Crippen molar-refractivity contribution in [2.75, 3.05) is 26.2 Å². The number of thiophene rings is 1. The Bertz CT molecular complexity index is 1690. The number of fused-ring (bicyclic) bond motifs is 1. The van der Waals surface area contributed by atoms with Gasteiger partial charge in [0.15, 0.2) is 0 Å². The fourth-order valence-corrected chi connectivity index (χ4v) is 8.22. The van der Waals surface area contributed by atoms with Crippen LogP contribution < -0.4 is 5.56 Å². The lowest BCUT2D eigenvalue weighted by atomic mass is 9.79. The van der Waals surface area contributed by atoms with Crippen LogP contribution >= 0.6 is 33.9 Å². The number of hydrogen-bond donors (Lipinski definition) is 1. The molecule has 11 heteroatoms. The van der Waals surface area contributed by atoms with Gasteiger partial charge < -0.3 is 19.5 Å². The predicted octanol–water partition coefficient (Wildman–Crippen LogP) is 4.01. The van der Waals surface area contributed by atoms with Crippen molar-refractivity contribution in [1.82, 2.24) is 23.9 Å². The molecule has 1 aromatic carbocycles. The molecule has 2 atom stereocenters. The van der Waals surface area contributed by atoms with Crippen molar-refractivity contribution in [2.24, 2.45) is 13.0 Å². The standard InChI is InChI=1S/C31H34IN5O4S/c1-20-17-42-26(25(20)32)30(40)36-13-9-22(24(16-36)21-6-4-3-5-7-21)28(38)35-14-10-31(41,11-15-35)18-37-19-33-27-23(29(37)39)8-12-34(27)2/h3-8,12,17,19,22,24,41H,9-11,13-16,18H2,1-2H3/t22-,24+/m1/s1. The highest BCUT2D eigenvalue weighted by Crippen LogP contribution is 2.37. The van der Waals surface area contributed by atoms with E-state index in [1.54, 1.807) is 16.8 Å². The number of piperidine rings is 2. The van der Waals surface area contributed by atoms with Crippen LogP contribution in [0.3, 0.4) is 0 Å². The third-order valence-corrected chi connectivity index (χ3v) is 11.7. The quantitative estimate of drug-likeness (QED) is 0.318. The lowest BCUT2D eigenvalue weighted by Crippen LogP contribution is -2.53. The van der Waals surface area contributed by atoms with Crippen LogP contribution in [0, 0.1) is 16.4 Å². The fourth-order valence-electron chi connectivity index (χ4n) is 6.33. The largest absolute Gasteiger partial charge is 0.388 e. The summed E-state index contributed by atoms with van der Waals surface area (Å²) >= 11 is 3.73. The monoisotopic (exact) mass is 699 g/mol. The molecular weight excluding hydrogens is 665 g/mol. The Morgan fingerprint density at radius 1 is 1.12 bits per heavy atom. The van der Waals surface area contributed by atoms with Crippen LogP contribution in [-0.4, -0.2) is 72.6 Å². The number of nitrogens with zero attached hydrogens (tertiary/aromatic N) is 5.